The second-order valence-electron chi connectivity index (χ2n) is 6.82. The summed E-state index contributed by atoms with van der Waals surface area (Å²) in [6.45, 7) is 7.52. The summed E-state index contributed by atoms with van der Waals surface area (Å²) in [5.74, 6) is 2.38. The van der Waals surface area contributed by atoms with Gasteiger partial charge in [0.15, 0.2) is 0 Å². The van der Waals surface area contributed by atoms with Gasteiger partial charge < -0.3 is 4.90 Å². The zero-order valence-corrected chi connectivity index (χ0v) is 16.7. The molecule has 0 saturated carbocycles. The minimum atomic E-state index is 0.454. The molecule has 3 aliphatic rings. The molecule has 2 aliphatic heterocycles. The van der Waals surface area contributed by atoms with E-state index in [1.54, 1.807) is 0 Å². The van der Waals surface area contributed by atoms with Gasteiger partial charge in [0, 0.05) is 29.7 Å². The molecule has 0 fully saturated rings. The average Bonchev–Trinajstić information content (AvgIpc) is 2.76. The zero-order chi connectivity index (χ0) is 16.1. The molecule has 1 aromatic rings. The molecular formula is C18H21Br2N3. The van der Waals surface area contributed by atoms with Crippen LogP contribution in [0.1, 0.15) is 42.4 Å². The number of hydrogen-bond acceptors (Lipinski definition) is 3. The van der Waals surface area contributed by atoms with Crippen molar-refractivity contribution in [2.75, 3.05) is 19.6 Å². The van der Waals surface area contributed by atoms with Gasteiger partial charge in [0.1, 0.15) is 5.84 Å². The quantitative estimate of drug-likeness (QED) is 0.559. The van der Waals surface area contributed by atoms with E-state index >= 15 is 0 Å². The molecule has 4 rings (SSSR count). The third-order valence-electron chi connectivity index (χ3n) is 5.48. The Bertz CT molecular complexity index is 714. The molecule has 0 amide bonds. The first-order valence-corrected chi connectivity index (χ1v) is 10.00. The third-order valence-corrected chi connectivity index (χ3v) is 7.77. The van der Waals surface area contributed by atoms with Crippen molar-refractivity contribution in [3.8, 4) is 0 Å². The Morgan fingerprint density at radius 3 is 2.87 bits per heavy atom. The Hall–Kier alpha value is -0.680. The fourth-order valence-corrected chi connectivity index (χ4v) is 5.23. The van der Waals surface area contributed by atoms with E-state index in [2.05, 4.69) is 61.8 Å². The maximum atomic E-state index is 5.13. The van der Waals surface area contributed by atoms with Crippen LogP contribution in [-0.4, -0.2) is 36.6 Å². The lowest BCUT2D eigenvalue weighted by Gasteiger charge is -2.34. The summed E-state index contributed by atoms with van der Waals surface area (Å²) in [6.07, 6.45) is 5.50. The summed E-state index contributed by atoms with van der Waals surface area (Å²) in [4.78, 5) is 12.1. The molecule has 0 N–H and O–H groups in total. The molecule has 5 heteroatoms. The molecule has 2 unspecified atom stereocenters. The average molecular weight is 439 g/mol. The SMILES string of the molecule is Cc1c(Br)c(Br)c2c3c1CCC(C)C3C(N1CCC=NCC1)=N2. The van der Waals surface area contributed by atoms with Crippen LogP contribution < -0.4 is 0 Å². The molecule has 2 atom stereocenters. The van der Waals surface area contributed by atoms with Gasteiger partial charge >= 0.3 is 0 Å². The van der Waals surface area contributed by atoms with Gasteiger partial charge in [0.05, 0.1) is 16.7 Å². The zero-order valence-electron chi connectivity index (χ0n) is 13.6. The maximum absolute atomic E-state index is 5.13. The first-order valence-electron chi connectivity index (χ1n) is 8.41. The number of halogens is 2. The van der Waals surface area contributed by atoms with Crippen LogP contribution in [0.25, 0.3) is 0 Å². The maximum Gasteiger partial charge on any atom is 0.113 e. The molecule has 0 radical (unpaired) electrons. The minimum Gasteiger partial charge on any atom is -0.357 e. The molecule has 0 spiro atoms. The Kier molecular flexibility index (Phi) is 4.12. The van der Waals surface area contributed by atoms with Crippen LogP contribution in [-0.2, 0) is 6.42 Å². The van der Waals surface area contributed by atoms with Crippen molar-refractivity contribution >= 4 is 49.6 Å². The first-order chi connectivity index (χ1) is 11.1. The molecule has 1 aliphatic carbocycles. The molecule has 122 valence electrons. The van der Waals surface area contributed by atoms with Crippen LogP contribution in [0.3, 0.4) is 0 Å². The normalized spacial score (nSPS) is 26.1. The largest absolute Gasteiger partial charge is 0.357 e. The monoisotopic (exact) mass is 437 g/mol. The van der Waals surface area contributed by atoms with Gasteiger partial charge in [-0.1, -0.05) is 6.92 Å². The lowest BCUT2D eigenvalue weighted by molar-refractivity contribution is 0.396. The van der Waals surface area contributed by atoms with Gasteiger partial charge in [-0.05, 0) is 80.7 Å². The summed E-state index contributed by atoms with van der Waals surface area (Å²) in [6, 6.07) is 0. The van der Waals surface area contributed by atoms with Crippen molar-refractivity contribution in [3.05, 3.63) is 25.6 Å². The first kappa shape index (κ1) is 15.8. The Morgan fingerprint density at radius 2 is 2.04 bits per heavy atom. The lowest BCUT2D eigenvalue weighted by Crippen LogP contribution is -2.38. The highest BCUT2D eigenvalue weighted by atomic mass is 79.9. The van der Waals surface area contributed by atoms with Crippen molar-refractivity contribution in [1.82, 2.24) is 4.90 Å². The van der Waals surface area contributed by atoms with E-state index in [-0.39, 0.29) is 0 Å². The second kappa shape index (κ2) is 5.99. The van der Waals surface area contributed by atoms with E-state index in [4.69, 9.17) is 4.99 Å². The van der Waals surface area contributed by atoms with Crippen molar-refractivity contribution in [1.29, 1.82) is 0 Å². The smallest absolute Gasteiger partial charge is 0.113 e. The summed E-state index contributed by atoms with van der Waals surface area (Å²) < 4.78 is 2.29. The number of hydrogen-bond donors (Lipinski definition) is 0. The Labute approximate surface area is 154 Å². The topological polar surface area (TPSA) is 28.0 Å². The molecule has 0 saturated heterocycles. The molecule has 0 bridgehead atoms. The fraction of sp³-hybridized carbons (Fsp3) is 0.556. The predicted molar refractivity (Wildman–Crippen MR) is 103 cm³/mol. The van der Waals surface area contributed by atoms with Gasteiger partial charge in [-0.3, -0.25) is 4.99 Å². The van der Waals surface area contributed by atoms with Gasteiger partial charge in [0.25, 0.3) is 0 Å². The van der Waals surface area contributed by atoms with Crippen LogP contribution in [0.15, 0.2) is 18.9 Å². The number of rotatable bonds is 0. The molecule has 3 nitrogen and oxygen atoms in total. The Balaban J connectivity index is 1.84. The highest BCUT2D eigenvalue weighted by Crippen LogP contribution is 2.53. The van der Waals surface area contributed by atoms with E-state index in [9.17, 15) is 0 Å². The van der Waals surface area contributed by atoms with Crippen molar-refractivity contribution in [2.24, 2.45) is 15.9 Å². The standard InChI is InChI=1S/C18H21Br2N3/c1-10-4-5-12-11(2)15(19)16(20)17-14(12)13(10)18(22-17)23-8-3-6-21-7-9-23/h6,10,13H,3-5,7-9H2,1-2H3. The van der Waals surface area contributed by atoms with E-state index in [1.807, 2.05) is 0 Å². The van der Waals surface area contributed by atoms with Crippen LogP contribution in [0.4, 0.5) is 5.69 Å². The fourth-order valence-electron chi connectivity index (χ4n) is 4.20. The van der Waals surface area contributed by atoms with E-state index in [0.29, 0.717) is 11.8 Å². The van der Waals surface area contributed by atoms with E-state index < -0.39 is 0 Å². The van der Waals surface area contributed by atoms with Crippen molar-refractivity contribution in [3.63, 3.8) is 0 Å². The summed E-state index contributed by atoms with van der Waals surface area (Å²) in [5.41, 5.74) is 5.54. The minimum absolute atomic E-state index is 0.454. The van der Waals surface area contributed by atoms with Gasteiger partial charge in [-0.15, -0.1) is 0 Å². The van der Waals surface area contributed by atoms with Gasteiger partial charge in [-0.25, -0.2) is 4.99 Å². The van der Waals surface area contributed by atoms with Crippen molar-refractivity contribution in [2.45, 2.75) is 39.0 Å². The van der Waals surface area contributed by atoms with Crippen LogP contribution >= 0.6 is 31.9 Å². The summed E-state index contributed by atoms with van der Waals surface area (Å²) >= 11 is 7.55. The molecule has 2 heterocycles. The van der Waals surface area contributed by atoms with E-state index in [0.717, 1.165) is 36.2 Å². The summed E-state index contributed by atoms with van der Waals surface area (Å²) in [5, 5.41) is 0. The van der Waals surface area contributed by atoms with Gasteiger partial charge in [-0.2, -0.15) is 0 Å². The number of amidine groups is 1. The van der Waals surface area contributed by atoms with Crippen LogP contribution in [0.2, 0.25) is 0 Å². The number of benzene rings is 1. The predicted octanol–water partition coefficient (Wildman–Crippen LogP) is 5.01. The summed E-state index contributed by atoms with van der Waals surface area (Å²) in [7, 11) is 0. The van der Waals surface area contributed by atoms with Crippen LogP contribution in [0, 0.1) is 12.8 Å². The second-order valence-corrected chi connectivity index (χ2v) is 8.41. The highest BCUT2D eigenvalue weighted by molar-refractivity contribution is 9.13. The third kappa shape index (κ3) is 2.42. The molecular weight excluding hydrogens is 418 g/mol. The lowest BCUT2D eigenvalue weighted by atomic mass is 9.74. The molecule has 23 heavy (non-hydrogen) atoms. The van der Waals surface area contributed by atoms with Gasteiger partial charge in [0.2, 0.25) is 0 Å². The number of aliphatic imine (C=N–C) groups is 2. The van der Waals surface area contributed by atoms with E-state index in [1.165, 1.54) is 39.8 Å². The number of nitrogens with zero attached hydrogens (tertiary/aromatic N) is 3. The molecule has 1 aromatic carbocycles. The van der Waals surface area contributed by atoms with Crippen molar-refractivity contribution < 1.29 is 0 Å². The highest BCUT2D eigenvalue weighted by Gasteiger charge is 2.41. The van der Waals surface area contributed by atoms with Crippen LogP contribution in [0.5, 0.6) is 0 Å². The Morgan fingerprint density at radius 1 is 1.22 bits per heavy atom. The molecule has 0 aromatic heterocycles.